The van der Waals surface area contributed by atoms with Crippen LogP contribution in [0.5, 0.6) is 0 Å². The van der Waals surface area contributed by atoms with Gasteiger partial charge in [0.1, 0.15) is 0 Å². The second-order valence-electron chi connectivity index (χ2n) is 6.71. The van der Waals surface area contributed by atoms with Gasteiger partial charge in [0, 0.05) is 56.5 Å². The van der Waals surface area contributed by atoms with Crippen molar-refractivity contribution in [2.45, 2.75) is 6.92 Å². The van der Waals surface area contributed by atoms with Crippen LogP contribution in [0.2, 0.25) is 0 Å². The molecule has 2 aliphatic rings. The van der Waals surface area contributed by atoms with Gasteiger partial charge in [0.2, 0.25) is 0 Å². The maximum absolute atomic E-state index is 12.6. The van der Waals surface area contributed by atoms with E-state index >= 15 is 0 Å². The fourth-order valence-electron chi connectivity index (χ4n) is 3.61. The Labute approximate surface area is 148 Å². The summed E-state index contributed by atoms with van der Waals surface area (Å²) in [5.41, 5.74) is 3.48. The predicted octanol–water partition coefficient (Wildman–Crippen LogP) is 2.12. The SMILES string of the molecule is Cc1ccc2nccc(N3CCN(C(=O)N4CCOCC4)CC3)c2c1. The molecule has 0 bridgehead atoms. The van der Waals surface area contributed by atoms with Crippen molar-refractivity contribution >= 4 is 22.6 Å². The van der Waals surface area contributed by atoms with Crippen LogP contribution in [-0.2, 0) is 4.74 Å². The van der Waals surface area contributed by atoms with E-state index < -0.39 is 0 Å². The number of hydrogen-bond donors (Lipinski definition) is 0. The normalized spacial score (nSPS) is 18.7. The molecular formula is C19H24N4O2. The molecule has 132 valence electrons. The van der Waals surface area contributed by atoms with E-state index in [1.807, 2.05) is 16.0 Å². The van der Waals surface area contributed by atoms with E-state index in [0.717, 1.165) is 31.7 Å². The molecule has 0 aliphatic carbocycles. The summed E-state index contributed by atoms with van der Waals surface area (Å²) in [6.45, 7) is 8.02. The number of urea groups is 1. The number of hydrogen-bond acceptors (Lipinski definition) is 4. The Morgan fingerprint density at radius 1 is 1.00 bits per heavy atom. The number of fused-ring (bicyclic) bond motifs is 1. The Kier molecular flexibility index (Phi) is 4.44. The highest BCUT2D eigenvalue weighted by Crippen LogP contribution is 2.27. The first-order valence-corrected chi connectivity index (χ1v) is 8.94. The third-order valence-corrected chi connectivity index (χ3v) is 5.05. The Morgan fingerprint density at radius 2 is 1.72 bits per heavy atom. The van der Waals surface area contributed by atoms with Gasteiger partial charge in [0.05, 0.1) is 18.7 Å². The van der Waals surface area contributed by atoms with E-state index in [-0.39, 0.29) is 6.03 Å². The van der Waals surface area contributed by atoms with E-state index in [2.05, 4.69) is 41.1 Å². The van der Waals surface area contributed by atoms with Crippen molar-refractivity contribution < 1.29 is 9.53 Å². The zero-order valence-electron chi connectivity index (χ0n) is 14.6. The zero-order chi connectivity index (χ0) is 17.2. The monoisotopic (exact) mass is 340 g/mol. The van der Waals surface area contributed by atoms with Gasteiger partial charge in [-0.25, -0.2) is 4.79 Å². The number of amides is 2. The zero-order valence-corrected chi connectivity index (χ0v) is 14.6. The van der Waals surface area contributed by atoms with Gasteiger partial charge in [-0.1, -0.05) is 11.6 Å². The third kappa shape index (κ3) is 3.26. The van der Waals surface area contributed by atoms with Crippen molar-refractivity contribution in [1.82, 2.24) is 14.8 Å². The molecule has 2 amide bonds. The average Bonchev–Trinajstić information content (AvgIpc) is 2.68. The topological polar surface area (TPSA) is 48.9 Å². The van der Waals surface area contributed by atoms with Crippen LogP contribution in [0.15, 0.2) is 30.5 Å². The van der Waals surface area contributed by atoms with Gasteiger partial charge in [-0.15, -0.1) is 0 Å². The fraction of sp³-hybridized carbons (Fsp3) is 0.474. The van der Waals surface area contributed by atoms with Crippen LogP contribution in [0.1, 0.15) is 5.56 Å². The molecule has 6 nitrogen and oxygen atoms in total. The third-order valence-electron chi connectivity index (χ3n) is 5.05. The van der Waals surface area contributed by atoms with Crippen LogP contribution in [0.25, 0.3) is 10.9 Å². The summed E-state index contributed by atoms with van der Waals surface area (Å²) in [5, 5.41) is 1.19. The molecular weight excluding hydrogens is 316 g/mol. The second-order valence-corrected chi connectivity index (χ2v) is 6.71. The van der Waals surface area contributed by atoms with Gasteiger partial charge in [0.15, 0.2) is 0 Å². The number of piperazine rings is 1. The minimum Gasteiger partial charge on any atom is -0.378 e. The van der Waals surface area contributed by atoms with Gasteiger partial charge in [0.25, 0.3) is 0 Å². The summed E-state index contributed by atoms with van der Waals surface area (Å²) in [5.74, 6) is 0. The van der Waals surface area contributed by atoms with Gasteiger partial charge >= 0.3 is 6.03 Å². The van der Waals surface area contributed by atoms with Crippen molar-refractivity contribution in [2.75, 3.05) is 57.4 Å². The van der Waals surface area contributed by atoms with Crippen LogP contribution < -0.4 is 4.90 Å². The number of aromatic nitrogens is 1. The van der Waals surface area contributed by atoms with Crippen molar-refractivity contribution in [2.24, 2.45) is 0 Å². The molecule has 3 heterocycles. The molecule has 0 atom stereocenters. The number of anilines is 1. The van der Waals surface area contributed by atoms with E-state index in [4.69, 9.17) is 4.74 Å². The number of carbonyl (C=O) groups is 1. The number of aryl methyl sites for hydroxylation is 1. The Morgan fingerprint density at radius 3 is 2.48 bits per heavy atom. The summed E-state index contributed by atoms with van der Waals surface area (Å²) in [7, 11) is 0. The molecule has 25 heavy (non-hydrogen) atoms. The van der Waals surface area contributed by atoms with E-state index in [9.17, 15) is 4.79 Å². The standard InChI is InChI=1S/C19H24N4O2/c1-15-2-3-17-16(14-15)18(4-5-20-17)21-6-8-22(9-7-21)19(24)23-10-12-25-13-11-23/h2-5,14H,6-13H2,1H3. The Bertz CT molecular complexity index is 765. The number of nitrogens with zero attached hydrogens (tertiary/aromatic N) is 4. The van der Waals surface area contributed by atoms with Crippen LogP contribution in [0.3, 0.4) is 0 Å². The molecule has 4 rings (SSSR count). The van der Waals surface area contributed by atoms with E-state index in [1.54, 1.807) is 0 Å². The van der Waals surface area contributed by atoms with Crippen molar-refractivity contribution in [3.63, 3.8) is 0 Å². The minimum atomic E-state index is 0.151. The smallest absolute Gasteiger partial charge is 0.320 e. The highest BCUT2D eigenvalue weighted by molar-refractivity contribution is 5.92. The summed E-state index contributed by atoms with van der Waals surface area (Å²) < 4.78 is 5.34. The average molecular weight is 340 g/mol. The first kappa shape index (κ1) is 16.1. The van der Waals surface area contributed by atoms with E-state index in [1.165, 1.54) is 16.6 Å². The van der Waals surface area contributed by atoms with Gasteiger partial charge in [-0.05, 0) is 25.1 Å². The lowest BCUT2D eigenvalue weighted by Gasteiger charge is -2.39. The van der Waals surface area contributed by atoms with Gasteiger partial charge in [-0.2, -0.15) is 0 Å². The van der Waals surface area contributed by atoms with Crippen molar-refractivity contribution in [3.8, 4) is 0 Å². The van der Waals surface area contributed by atoms with Crippen molar-refractivity contribution in [1.29, 1.82) is 0 Å². The lowest BCUT2D eigenvalue weighted by atomic mass is 10.1. The predicted molar refractivity (Wildman–Crippen MR) is 98.1 cm³/mol. The fourth-order valence-corrected chi connectivity index (χ4v) is 3.61. The van der Waals surface area contributed by atoms with Crippen LogP contribution in [0, 0.1) is 6.92 Å². The maximum Gasteiger partial charge on any atom is 0.320 e. The number of carbonyl (C=O) groups excluding carboxylic acids is 1. The highest BCUT2D eigenvalue weighted by atomic mass is 16.5. The summed E-state index contributed by atoms with van der Waals surface area (Å²) in [6, 6.07) is 8.60. The summed E-state index contributed by atoms with van der Waals surface area (Å²) in [6.07, 6.45) is 1.87. The quantitative estimate of drug-likeness (QED) is 0.798. The Hall–Kier alpha value is -2.34. The lowest BCUT2D eigenvalue weighted by molar-refractivity contribution is 0.0428. The number of pyridine rings is 1. The summed E-state index contributed by atoms with van der Waals surface area (Å²) >= 11 is 0. The van der Waals surface area contributed by atoms with Crippen LogP contribution in [0.4, 0.5) is 10.5 Å². The molecule has 0 spiro atoms. The number of ether oxygens (including phenoxy) is 1. The molecule has 0 unspecified atom stereocenters. The highest BCUT2D eigenvalue weighted by Gasteiger charge is 2.26. The van der Waals surface area contributed by atoms with Gasteiger partial charge in [-0.3, -0.25) is 4.98 Å². The molecule has 2 aliphatic heterocycles. The molecule has 0 N–H and O–H groups in total. The molecule has 0 saturated carbocycles. The van der Waals surface area contributed by atoms with Crippen LogP contribution in [-0.4, -0.2) is 73.3 Å². The van der Waals surface area contributed by atoms with E-state index in [0.29, 0.717) is 26.3 Å². The van der Waals surface area contributed by atoms with Gasteiger partial charge < -0.3 is 19.4 Å². The second kappa shape index (κ2) is 6.88. The maximum atomic E-state index is 12.6. The number of benzene rings is 1. The first-order chi connectivity index (χ1) is 12.2. The lowest BCUT2D eigenvalue weighted by Crippen LogP contribution is -2.54. The molecule has 1 aromatic carbocycles. The number of morpholine rings is 1. The molecule has 2 saturated heterocycles. The first-order valence-electron chi connectivity index (χ1n) is 8.94. The van der Waals surface area contributed by atoms with Crippen LogP contribution >= 0.6 is 0 Å². The number of rotatable bonds is 1. The van der Waals surface area contributed by atoms with Crippen molar-refractivity contribution in [3.05, 3.63) is 36.0 Å². The molecule has 6 heteroatoms. The molecule has 0 radical (unpaired) electrons. The largest absolute Gasteiger partial charge is 0.378 e. The Balaban J connectivity index is 1.47. The molecule has 1 aromatic heterocycles. The summed E-state index contributed by atoms with van der Waals surface area (Å²) in [4.78, 5) is 23.3. The molecule has 2 fully saturated rings. The minimum absolute atomic E-state index is 0.151. The molecule has 2 aromatic rings.